The van der Waals surface area contributed by atoms with Gasteiger partial charge >= 0.3 is 0 Å². The molecule has 1 aromatic carbocycles. The fourth-order valence-electron chi connectivity index (χ4n) is 6.12. The molecule has 3 aliphatic carbocycles. The molecule has 3 unspecified atom stereocenters. The van der Waals surface area contributed by atoms with Crippen molar-refractivity contribution in [2.24, 2.45) is 11.8 Å². The molecule has 0 bridgehead atoms. The highest BCUT2D eigenvalue weighted by molar-refractivity contribution is 5.60. The molecule has 1 aromatic rings. The lowest BCUT2D eigenvalue weighted by molar-refractivity contribution is 0.00244. The van der Waals surface area contributed by atoms with Crippen molar-refractivity contribution >= 4 is 0 Å². The van der Waals surface area contributed by atoms with Crippen LogP contribution in [0.25, 0.3) is 0 Å². The Hall–Kier alpha value is -1.26. The number of nitrogens with one attached hydrogen (secondary N) is 2. The molecule has 0 aromatic heterocycles. The van der Waals surface area contributed by atoms with E-state index in [1.807, 2.05) is 13.1 Å². The molecule has 4 heteroatoms. The summed E-state index contributed by atoms with van der Waals surface area (Å²) in [4.78, 5) is 0. The van der Waals surface area contributed by atoms with E-state index in [9.17, 15) is 5.11 Å². The molecule has 2 fully saturated rings. The predicted octanol–water partition coefficient (Wildman–Crippen LogP) is 2.72. The summed E-state index contributed by atoms with van der Waals surface area (Å²) in [5, 5.41) is 17.9. The molecule has 0 radical (unpaired) electrons. The fourth-order valence-corrected chi connectivity index (χ4v) is 6.12. The Morgan fingerprint density at radius 2 is 2.04 bits per heavy atom. The Balaban J connectivity index is 1.61. The molecule has 5 rings (SSSR count). The van der Waals surface area contributed by atoms with E-state index >= 15 is 0 Å². The second kappa shape index (κ2) is 5.62. The standard InChI is InChI=1S/C21H30N2O2/c1-3-21-14-7-8-15(22-2)20(21)25-19-17(24)9-6-13(18(19)21)10-16(14)23-11-12-4-5-12/h6,9,12,14-16,20,22-24H,3-5,7-8,10-11H2,1-2H3/t14?,15-,16?,20?,21-/m1/s1. The summed E-state index contributed by atoms with van der Waals surface area (Å²) in [5.74, 6) is 2.59. The minimum absolute atomic E-state index is 0.0365. The van der Waals surface area contributed by atoms with Crippen molar-refractivity contribution in [1.29, 1.82) is 0 Å². The van der Waals surface area contributed by atoms with E-state index in [1.54, 1.807) is 0 Å². The van der Waals surface area contributed by atoms with Gasteiger partial charge in [-0.3, -0.25) is 0 Å². The molecule has 1 heterocycles. The van der Waals surface area contributed by atoms with Crippen LogP contribution < -0.4 is 15.4 Å². The first-order chi connectivity index (χ1) is 12.2. The van der Waals surface area contributed by atoms with Crippen LogP contribution in [0, 0.1) is 11.8 Å². The number of likely N-dealkylation sites (N-methyl/N-ethyl adjacent to an activating group) is 1. The zero-order chi connectivity index (χ0) is 17.2. The van der Waals surface area contributed by atoms with E-state index in [0.29, 0.717) is 23.8 Å². The Morgan fingerprint density at radius 3 is 2.76 bits per heavy atom. The number of hydrogen-bond donors (Lipinski definition) is 3. The lowest BCUT2D eigenvalue weighted by Gasteiger charge is -2.53. The molecule has 0 saturated heterocycles. The van der Waals surface area contributed by atoms with Crippen LogP contribution in [0.15, 0.2) is 12.1 Å². The monoisotopic (exact) mass is 342 g/mol. The molecule has 4 nitrogen and oxygen atoms in total. The van der Waals surface area contributed by atoms with E-state index in [2.05, 4.69) is 23.6 Å². The summed E-state index contributed by atoms with van der Waals surface area (Å²) < 4.78 is 6.48. The molecule has 3 N–H and O–H groups in total. The zero-order valence-electron chi connectivity index (χ0n) is 15.3. The van der Waals surface area contributed by atoms with Gasteiger partial charge in [-0.15, -0.1) is 0 Å². The van der Waals surface area contributed by atoms with Crippen LogP contribution in [0.4, 0.5) is 0 Å². The second-order valence-electron chi connectivity index (χ2n) is 8.62. The van der Waals surface area contributed by atoms with E-state index in [1.165, 1.54) is 36.9 Å². The topological polar surface area (TPSA) is 53.5 Å². The molecule has 2 saturated carbocycles. The largest absolute Gasteiger partial charge is 0.504 e. The summed E-state index contributed by atoms with van der Waals surface area (Å²) in [6.07, 6.45) is 7.45. The predicted molar refractivity (Wildman–Crippen MR) is 98.3 cm³/mol. The van der Waals surface area contributed by atoms with Gasteiger partial charge in [-0.25, -0.2) is 0 Å². The fraction of sp³-hybridized carbons (Fsp3) is 0.714. The van der Waals surface area contributed by atoms with Gasteiger partial charge in [-0.05, 0) is 75.6 Å². The van der Waals surface area contributed by atoms with Crippen LogP contribution in [-0.2, 0) is 11.8 Å². The lowest BCUT2D eigenvalue weighted by Crippen LogP contribution is -2.64. The van der Waals surface area contributed by atoms with Gasteiger partial charge in [0.05, 0.1) is 0 Å². The van der Waals surface area contributed by atoms with Gasteiger partial charge in [-0.1, -0.05) is 13.0 Å². The quantitative estimate of drug-likeness (QED) is 0.770. The summed E-state index contributed by atoms with van der Waals surface area (Å²) in [5.41, 5.74) is 2.75. The van der Waals surface area contributed by atoms with Gasteiger partial charge in [0.25, 0.3) is 0 Å². The van der Waals surface area contributed by atoms with Gasteiger partial charge in [-0.2, -0.15) is 0 Å². The molecule has 0 spiro atoms. The molecule has 4 aliphatic rings. The van der Waals surface area contributed by atoms with Gasteiger partial charge in [0.15, 0.2) is 11.5 Å². The highest BCUT2D eigenvalue weighted by Gasteiger charge is 2.62. The van der Waals surface area contributed by atoms with Crippen LogP contribution in [0.2, 0.25) is 0 Å². The Bertz CT molecular complexity index is 687. The molecule has 25 heavy (non-hydrogen) atoms. The van der Waals surface area contributed by atoms with E-state index < -0.39 is 0 Å². The third-order valence-corrected chi connectivity index (χ3v) is 7.50. The average molecular weight is 342 g/mol. The van der Waals surface area contributed by atoms with Crippen LogP contribution in [0.3, 0.4) is 0 Å². The zero-order valence-corrected chi connectivity index (χ0v) is 15.3. The van der Waals surface area contributed by atoms with Crippen molar-refractivity contribution in [2.45, 2.75) is 69.1 Å². The number of rotatable bonds is 5. The molecule has 5 atom stereocenters. The highest BCUT2D eigenvalue weighted by atomic mass is 16.5. The van der Waals surface area contributed by atoms with Crippen molar-refractivity contribution in [3.63, 3.8) is 0 Å². The number of benzene rings is 1. The minimum Gasteiger partial charge on any atom is -0.504 e. The minimum atomic E-state index is 0.0365. The maximum atomic E-state index is 10.5. The third-order valence-electron chi connectivity index (χ3n) is 7.50. The Labute approximate surface area is 150 Å². The molecular weight excluding hydrogens is 312 g/mol. The number of ether oxygens (including phenoxy) is 1. The van der Waals surface area contributed by atoms with Crippen molar-refractivity contribution in [2.75, 3.05) is 13.6 Å². The first-order valence-electron chi connectivity index (χ1n) is 10.1. The van der Waals surface area contributed by atoms with Crippen molar-refractivity contribution in [1.82, 2.24) is 10.6 Å². The summed E-state index contributed by atoms with van der Waals surface area (Å²) in [6, 6.07) is 4.87. The number of hydrogen-bond acceptors (Lipinski definition) is 4. The van der Waals surface area contributed by atoms with E-state index in [-0.39, 0.29) is 11.5 Å². The number of aromatic hydroxyl groups is 1. The molecule has 136 valence electrons. The third kappa shape index (κ3) is 2.13. The average Bonchev–Trinajstić information content (AvgIpc) is 3.39. The lowest BCUT2D eigenvalue weighted by atomic mass is 9.53. The summed E-state index contributed by atoms with van der Waals surface area (Å²) in [7, 11) is 2.05. The van der Waals surface area contributed by atoms with Gasteiger partial charge in [0.2, 0.25) is 0 Å². The van der Waals surface area contributed by atoms with Crippen LogP contribution in [-0.4, -0.2) is 36.9 Å². The van der Waals surface area contributed by atoms with Gasteiger partial charge in [0, 0.05) is 23.1 Å². The van der Waals surface area contributed by atoms with Gasteiger partial charge in [0.1, 0.15) is 6.10 Å². The normalized spacial score (nSPS) is 38.3. The van der Waals surface area contributed by atoms with E-state index in [0.717, 1.165) is 30.9 Å². The first-order valence-corrected chi connectivity index (χ1v) is 10.1. The Kier molecular flexibility index (Phi) is 3.58. The molecule has 0 amide bonds. The van der Waals surface area contributed by atoms with Crippen LogP contribution in [0.1, 0.15) is 50.2 Å². The summed E-state index contributed by atoms with van der Waals surface area (Å²) in [6.45, 7) is 3.48. The van der Waals surface area contributed by atoms with E-state index in [4.69, 9.17) is 4.74 Å². The summed E-state index contributed by atoms with van der Waals surface area (Å²) >= 11 is 0. The number of phenols is 1. The molecule has 1 aliphatic heterocycles. The smallest absolute Gasteiger partial charge is 0.165 e. The second-order valence-corrected chi connectivity index (χ2v) is 8.62. The number of phenolic OH excluding ortho intramolecular Hbond substituents is 1. The van der Waals surface area contributed by atoms with Crippen molar-refractivity contribution in [3.8, 4) is 11.5 Å². The Morgan fingerprint density at radius 1 is 1.20 bits per heavy atom. The van der Waals surface area contributed by atoms with Crippen molar-refractivity contribution < 1.29 is 9.84 Å². The molecular formula is C21H30N2O2. The van der Waals surface area contributed by atoms with Crippen LogP contribution in [0.5, 0.6) is 11.5 Å². The highest BCUT2D eigenvalue weighted by Crippen LogP contribution is 2.61. The van der Waals surface area contributed by atoms with Gasteiger partial charge < -0.3 is 20.5 Å². The van der Waals surface area contributed by atoms with Crippen LogP contribution >= 0.6 is 0 Å². The maximum Gasteiger partial charge on any atom is 0.165 e. The SMILES string of the molecule is CC[C@@]12c3c4ccc(O)c3OC1[C@H](NC)CCC2C(NCC1CC1)C4. The maximum absolute atomic E-state index is 10.5. The first kappa shape index (κ1) is 16.0. The van der Waals surface area contributed by atoms with Crippen molar-refractivity contribution in [3.05, 3.63) is 23.3 Å².